The van der Waals surface area contributed by atoms with Crippen molar-refractivity contribution in [2.75, 3.05) is 20.3 Å². The minimum atomic E-state index is -0.959. The van der Waals surface area contributed by atoms with Gasteiger partial charge in [0.2, 0.25) is 5.88 Å². The van der Waals surface area contributed by atoms with Crippen molar-refractivity contribution in [3.05, 3.63) is 88.1 Å². The number of aromatic carboxylic acids is 1. The molecule has 1 fully saturated rings. The van der Waals surface area contributed by atoms with Gasteiger partial charge in [0.1, 0.15) is 18.2 Å². The molecule has 0 saturated carbocycles. The normalized spacial score (nSPS) is 17.8. The number of rotatable bonds is 10. The van der Waals surface area contributed by atoms with Gasteiger partial charge in [0.05, 0.1) is 29.7 Å². The number of fused-ring (bicyclic) bond motifs is 1. The largest absolute Gasteiger partial charge is 0.478 e. The molecule has 0 radical (unpaired) electrons. The summed E-state index contributed by atoms with van der Waals surface area (Å²) < 4.78 is 27.3. The van der Waals surface area contributed by atoms with E-state index in [1.807, 2.05) is 12.1 Å². The molecule has 2 aromatic heterocycles. The maximum absolute atomic E-state index is 14.1. The number of hydrogen-bond acceptors (Lipinski definition) is 6. The van der Waals surface area contributed by atoms with Gasteiger partial charge < -0.3 is 19.1 Å². The fourth-order valence-electron chi connectivity index (χ4n) is 5.29. The summed E-state index contributed by atoms with van der Waals surface area (Å²) >= 11 is 5.84. The maximum Gasteiger partial charge on any atom is 0.335 e. The number of hydrogen-bond donors (Lipinski definition) is 1. The van der Waals surface area contributed by atoms with Crippen LogP contribution in [0.25, 0.3) is 11.0 Å². The number of carboxylic acids is 1. The number of nitrogens with zero attached hydrogens (tertiary/aromatic N) is 4. The van der Waals surface area contributed by atoms with Crippen molar-refractivity contribution >= 4 is 28.6 Å². The topological polar surface area (TPSA) is 89.7 Å². The van der Waals surface area contributed by atoms with Gasteiger partial charge in [0.25, 0.3) is 0 Å². The van der Waals surface area contributed by atoms with E-state index in [0.29, 0.717) is 36.2 Å². The van der Waals surface area contributed by atoms with E-state index in [0.717, 1.165) is 41.9 Å². The summed E-state index contributed by atoms with van der Waals surface area (Å²) in [5.74, 6) is 0.270. The van der Waals surface area contributed by atoms with Gasteiger partial charge in [0, 0.05) is 48.0 Å². The summed E-state index contributed by atoms with van der Waals surface area (Å²) in [6.07, 6.45) is 1.85. The van der Waals surface area contributed by atoms with Crippen LogP contribution in [0.1, 0.15) is 53.1 Å². The molecule has 0 aliphatic carbocycles. The lowest BCUT2D eigenvalue weighted by Crippen LogP contribution is -2.40. The maximum atomic E-state index is 14.1. The van der Waals surface area contributed by atoms with Gasteiger partial charge in [-0.3, -0.25) is 4.90 Å². The average Bonchev–Trinajstić information content (AvgIpc) is 3.28. The second-order valence-electron chi connectivity index (χ2n) is 10.1. The minimum Gasteiger partial charge on any atom is -0.478 e. The standard InChI is InChI=1S/C30H32ClFN4O4/c1-19-14-20(25-4-3-5-29(34-25)40-18-22-6-8-23(31)16-24(22)32)10-11-35(19)17-28-33-26-9-7-21(30(37)38)15-27(26)36(28)12-13-39-2/h3-9,15-16,19-20H,10-14,17-18H2,1-2H3,(H,37,38)/t19-,20?/m0/s1. The highest BCUT2D eigenvalue weighted by Crippen LogP contribution is 2.33. The molecule has 0 amide bonds. The molecule has 1 aliphatic rings. The van der Waals surface area contributed by atoms with Crippen LogP contribution in [0, 0.1) is 5.82 Å². The van der Waals surface area contributed by atoms with Crippen LogP contribution < -0.4 is 4.74 Å². The SMILES string of the molecule is COCCn1c(CN2CCC(c3cccc(OCc4ccc(Cl)cc4F)n3)C[C@@H]2C)nc2ccc(C(=O)O)cc21. The van der Waals surface area contributed by atoms with Crippen molar-refractivity contribution < 1.29 is 23.8 Å². The predicted octanol–water partition coefficient (Wildman–Crippen LogP) is 5.92. The molecule has 0 spiro atoms. The molecule has 1 unspecified atom stereocenters. The van der Waals surface area contributed by atoms with Gasteiger partial charge >= 0.3 is 5.97 Å². The number of aromatic nitrogens is 3. The molecule has 1 saturated heterocycles. The average molecular weight is 567 g/mol. The first-order chi connectivity index (χ1) is 19.3. The first-order valence-corrected chi connectivity index (χ1v) is 13.7. The Morgan fingerprint density at radius 3 is 2.77 bits per heavy atom. The molecule has 1 aliphatic heterocycles. The Labute approximate surface area is 237 Å². The van der Waals surface area contributed by atoms with Crippen LogP contribution in [0.5, 0.6) is 5.88 Å². The summed E-state index contributed by atoms with van der Waals surface area (Å²) in [7, 11) is 1.65. The molecule has 1 N–H and O–H groups in total. The Hall–Kier alpha value is -3.53. The zero-order valence-corrected chi connectivity index (χ0v) is 23.3. The van der Waals surface area contributed by atoms with Crippen LogP contribution in [-0.4, -0.2) is 56.8 Å². The van der Waals surface area contributed by atoms with Crippen LogP contribution in [0.2, 0.25) is 5.02 Å². The number of piperidine rings is 1. The van der Waals surface area contributed by atoms with Crippen molar-refractivity contribution in [3.63, 3.8) is 0 Å². The Kier molecular flexibility index (Phi) is 8.63. The number of imidazole rings is 1. The monoisotopic (exact) mass is 566 g/mol. The van der Waals surface area contributed by atoms with E-state index in [9.17, 15) is 14.3 Å². The number of likely N-dealkylation sites (tertiary alicyclic amines) is 1. The predicted molar refractivity (Wildman–Crippen MR) is 150 cm³/mol. The molecular weight excluding hydrogens is 535 g/mol. The van der Waals surface area contributed by atoms with E-state index in [2.05, 4.69) is 16.4 Å². The first-order valence-electron chi connectivity index (χ1n) is 13.3. The Morgan fingerprint density at radius 2 is 2.02 bits per heavy atom. The van der Waals surface area contributed by atoms with E-state index in [4.69, 9.17) is 31.0 Å². The van der Waals surface area contributed by atoms with Crippen LogP contribution in [0.3, 0.4) is 0 Å². The van der Waals surface area contributed by atoms with Gasteiger partial charge in [-0.2, -0.15) is 0 Å². The quantitative estimate of drug-likeness (QED) is 0.255. The zero-order chi connectivity index (χ0) is 28.2. The van der Waals surface area contributed by atoms with Gasteiger partial charge in [-0.15, -0.1) is 0 Å². The van der Waals surface area contributed by atoms with Gasteiger partial charge in [0.15, 0.2) is 0 Å². The molecule has 10 heteroatoms. The number of benzene rings is 2. The van der Waals surface area contributed by atoms with Gasteiger partial charge in [-0.05, 0) is 62.7 Å². The van der Waals surface area contributed by atoms with E-state index in [-0.39, 0.29) is 24.1 Å². The fraction of sp³-hybridized carbons (Fsp3) is 0.367. The molecule has 210 valence electrons. The molecule has 5 rings (SSSR count). The van der Waals surface area contributed by atoms with Crippen LogP contribution in [0.15, 0.2) is 54.6 Å². The lowest BCUT2D eigenvalue weighted by molar-refractivity contribution is 0.0697. The third-order valence-corrected chi connectivity index (χ3v) is 7.74. The molecule has 8 nitrogen and oxygen atoms in total. The summed E-state index contributed by atoms with van der Waals surface area (Å²) in [4.78, 5) is 23.5. The summed E-state index contributed by atoms with van der Waals surface area (Å²) in [5.41, 5.74) is 3.21. The van der Waals surface area contributed by atoms with Crippen molar-refractivity contribution in [3.8, 4) is 5.88 Å². The highest BCUT2D eigenvalue weighted by atomic mass is 35.5. The van der Waals surface area contributed by atoms with E-state index >= 15 is 0 Å². The number of halogens is 2. The number of ether oxygens (including phenoxy) is 2. The molecule has 3 heterocycles. The zero-order valence-electron chi connectivity index (χ0n) is 22.5. The molecule has 2 aromatic carbocycles. The number of pyridine rings is 1. The third-order valence-electron chi connectivity index (χ3n) is 7.51. The minimum absolute atomic E-state index is 0.0757. The number of carboxylic acid groups (broad SMARTS) is 1. The van der Waals surface area contributed by atoms with Gasteiger partial charge in [-0.1, -0.05) is 23.7 Å². The molecule has 2 atom stereocenters. The van der Waals surface area contributed by atoms with Crippen LogP contribution in [0.4, 0.5) is 4.39 Å². The molecule has 4 aromatic rings. The highest BCUT2D eigenvalue weighted by molar-refractivity contribution is 6.30. The summed E-state index contributed by atoms with van der Waals surface area (Å²) in [6, 6.07) is 15.6. The van der Waals surface area contributed by atoms with Crippen molar-refractivity contribution in [1.82, 2.24) is 19.4 Å². The summed E-state index contributed by atoms with van der Waals surface area (Å²) in [5, 5.41) is 9.81. The summed E-state index contributed by atoms with van der Waals surface area (Å²) in [6.45, 7) is 4.89. The molecule has 40 heavy (non-hydrogen) atoms. The molecule has 0 bridgehead atoms. The second kappa shape index (κ2) is 12.3. The first kappa shape index (κ1) is 28.0. The van der Waals surface area contributed by atoms with E-state index in [1.165, 1.54) is 6.07 Å². The third kappa shape index (κ3) is 6.27. The second-order valence-corrected chi connectivity index (χ2v) is 10.6. The van der Waals surface area contributed by atoms with E-state index < -0.39 is 11.8 Å². The van der Waals surface area contributed by atoms with Crippen LogP contribution >= 0.6 is 11.6 Å². The Morgan fingerprint density at radius 1 is 1.18 bits per heavy atom. The smallest absolute Gasteiger partial charge is 0.335 e. The van der Waals surface area contributed by atoms with Gasteiger partial charge in [-0.25, -0.2) is 19.2 Å². The Bertz CT molecular complexity index is 1510. The van der Waals surface area contributed by atoms with Crippen LogP contribution in [-0.2, 0) is 24.4 Å². The Balaban J connectivity index is 1.26. The lowest BCUT2D eigenvalue weighted by atomic mass is 9.88. The van der Waals surface area contributed by atoms with Crippen molar-refractivity contribution in [2.45, 2.75) is 51.4 Å². The lowest BCUT2D eigenvalue weighted by Gasteiger charge is -2.37. The number of methoxy groups -OCH3 is 1. The molecular formula is C30H32ClFN4O4. The van der Waals surface area contributed by atoms with Crippen molar-refractivity contribution in [2.24, 2.45) is 0 Å². The highest BCUT2D eigenvalue weighted by Gasteiger charge is 2.29. The van der Waals surface area contributed by atoms with Crippen molar-refractivity contribution in [1.29, 1.82) is 0 Å². The van der Waals surface area contributed by atoms with E-state index in [1.54, 1.807) is 43.5 Å². The fourth-order valence-corrected chi connectivity index (χ4v) is 5.45. The number of carbonyl (C=O) groups is 1.